The van der Waals surface area contributed by atoms with Gasteiger partial charge in [-0.05, 0) is 63.8 Å². The van der Waals surface area contributed by atoms with E-state index in [2.05, 4.69) is 31.0 Å². The monoisotopic (exact) mass is 212 g/mol. The lowest BCUT2D eigenvalue weighted by molar-refractivity contribution is 0.190. The summed E-state index contributed by atoms with van der Waals surface area (Å²) in [5.74, 6) is 1.74. The minimum Gasteiger partial charge on any atom is -0.316 e. The van der Waals surface area contributed by atoms with Gasteiger partial charge in [-0.3, -0.25) is 0 Å². The average Bonchev–Trinajstić information content (AvgIpc) is 2.20. The molecule has 0 unspecified atom stereocenters. The van der Waals surface area contributed by atoms with Crippen LogP contribution < -0.4 is 5.32 Å². The maximum absolute atomic E-state index is 3.51. The van der Waals surface area contributed by atoms with Gasteiger partial charge in [0.05, 0.1) is 0 Å². The van der Waals surface area contributed by atoms with Gasteiger partial charge in [-0.15, -0.1) is 0 Å². The lowest BCUT2D eigenvalue weighted by atomic mass is 9.99. The average molecular weight is 212 g/mol. The van der Waals surface area contributed by atoms with Crippen molar-refractivity contribution in [2.75, 3.05) is 32.7 Å². The molecule has 1 aliphatic heterocycles. The molecule has 1 heterocycles. The normalized spacial score (nSPS) is 20.0. The molecule has 0 aliphatic carbocycles. The smallest absolute Gasteiger partial charge is 0.000664 e. The van der Waals surface area contributed by atoms with Gasteiger partial charge in [0.1, 0.15) is 0 Å². The van der Waals surface area contributed by atoms with Crippen molar-refractivity contribution >= 4 is 0 Å². The number of piperidine rings is 1. The summed E-state index contributed by atoms with van der Waals surface area (Å²) in [7, 11) is 0. The Balaban J connectivity index is 1.91. The molecule has 0 spiro atoms. The second-order valence-electron chi connectivity index (χ2n) is 5.48. The molecule has 0 bridgehead atoms. The van der Waals surface area contributed by atoms with Crippen molar-refractivity contribution in [1.29, 1.82) is 0 Å². The lowest BCUT2D eigenvalue weighted by Crippen LogP contribution is -2.35. The molecule has 1 fully saturated rings. The van der Waals surface area contributed by atoms with Crippen molar-refractivity contribution in [1.82, 2.24) is 10.2 Å². The molecular formula is C13H28N2. The first kappa shape index (κ1) is 13.0. The van der Waals surface area contributed by atoms with Gasteiger partial charge in [0, 0.05) is 0 Å². The van der Waals surface area contributed by atoms with Gasteiger partial charge in [0.15, 0.2) is 0 Å². The van der Waals surface area contributed by atoms with Crippen molar-refractivity contribution in [3.8, 4) is 0 Å². The molecule has 15 heavy (non-hydrogen) atoms. The topological polar surface area (TPSA) is 15.3 Å². The Kier molecular flexibility index (Phi) is 6.26. The fourth-order valence-electron chi connectivity index (χ4n) is 2.10. The Bertz CT molecular complexity index is 149. The van der Waals surface area contributed by atoms with Gasteiger partial charge < -0.3 is 10.2 Å². The van der Waals surface area contributed by atoms with Gasteiger partial charge in [-0.2, -0.15) is 0 Å². The molecule has 2 heteroatoms. The summed E-state index contributed by atoms with van der Waals surface area (Å²) in [6.07, 6.45) is 4.11. The molecule has 2 nitrogen and oxygen atoms in total. The van der Waals surface area contributed by atoms with Crippen LogP contribution >= 0.6 is 0 Å². The number of nitrogens with zero attached hydrogens (tertiary/aromatic N) is 1. The Morgan fingerprint density at radius 3 is 2.53 bits per heavy atom. The number of likely N-dealkylation sites (tertiary alicyclic amines) is 1. The predicted octanol–water partition coefficient (Wildman–Crippen LogP) is 2.35. The standard InChI is InChI=1S/C13H28N2/c1-12(2)11-14-7-4-8-15-9-5-13(3)6-10-15/h12-14H,4-11H2,1-3H3. The highest BCUT2D eigenvalue weighted by Crippen LogP contribution is 2.15. The molecule has 0 radical (unpaired) electrons. The summed E-state index contributed by atoms with van der Waals surface area (Å²) in [6.45, 7) is 13.2. The zero-order valence-corrected chi connectivity index (χ0v) is 10.8. The number of hydrogen-bond acceptors (Lipinski definition) is 2. The third-order valence-electron chi connectivity index (χ3n) is 3.26. The lowest BCUT2D eigenvalue weighted by Gasteiger charge is -2.30. The first-order chi connectivity index (χ1) is 7.18. The maximum Gasteiger partial charge on any atom is -0.000664 e. The van der Waals surface area contributed by atoms with E-state index < -0.39 is 0 Å². The van der Waals surface area contributed by atoms with Gasteiger partial charge in [0.2, 0.25) is 0 Å². The van der Waals surface area contributed by atoms with Crippen molar-refractivity contribution < 1.29 is 0 Å². The Labute approximate surface area is 95.4 Å². The second-order valence-corrected chi connectivity index (χ2v) is 5.48. The quantitative estimate of drug-likeness (QED) is 0.680. The van der Waals surface area contributed by atoms with E-state index in [1.54, 1.807) is 0 Å². The molecular weight excluding hydrogens is 184 g/mol. The SMILES string of the molecule is CC(C)CNCCCN1CCC(C)CC1. The molecule has 0 amide bonds. The highest BCUT2D eigenvalue weighted by molar-refractivity contribution is 4.69. The van der Waals surface area contributed by atoms with Crippen LogP contribution in [-0.2, 0) is 0 Å². The van der Waals surface area contributed by atoms with E-state index in [1.165, 1.54) is 45.4 Å². The summed E-state index contributed by atoms with van der Waals surface area (Å²) in [4.78, 5) is 2.62. The van der Waals surface area contributed by atoms with E-state index in [0.717, 1.165) is 18.4 Å². The molecule has 0 aromatic heterocycles. The van der Waals surface area contributed by atoms with Gasteiger partial charge in [-0.1, -0.05) is 20.8 Å². The summed E-state index contributed by atoms with van der Waals surface area (Å²) >= 11 is 0. The van der Waals surface area contributed by atoms with Gasteiger partial charge in [-0.25, -0.2) is 0 Å². The van der Waals surface area contributed by atoms with E-state index in [1.807, 2.05) is 0 Å². The zero-order chi connectivity index (χ0) is 11.1. The second kappa shape index (κ2) is 7.24. The summed E-state index contributed by atoms with van der Waals surface area (Å²) < 4.78 is 0. The van der Waals surface area contributed by atoms with E-state index in [0.29, 0.717) is 0 Å². The van der Waals surface area contributed by atoms with Crippen molar-refractivity contribution in [3.05, 3.63) is 0 Å². The van der Waals surface area contributed by atoms with Crippen LogP contribution in [0.15, 0.2) is 0 Å². The molecule has 1 N–H and O–H groups in total. The highest BCUT2D eigenvalue weighted by Gasteiger charge is 2.14. The molecule has 0 aromatic rings. The third-order valence-corrected chi connectivity index (χ3v) is 3.26. The van der Waals surface area contributed by atoms with Crippen LogP contribution in [0.1, 0.15) is 40.0 Å². The third kappa shape index (κ3) is 6.16. The number of nitrogens with one attached hydrogen (secondary N) is 1. The Morgan fingerprint density at radius 1 is 1.27 bits per heavy atom. The maximum atomic E-state index is 3.51. The van der Waals surface area contributed by atoms with Crippen LogP contribution in [0.2, 0.25) is 0 Å². The predicted molar refractivity (Wildman–Crippen MR) is 67.2 cm³/mol. The Hall–Kier alpha value is -0.0800. The van der Waals surface area contributed by atoms with Crippen LogP contribution in [0.4, 0.5) is 0 Å². The molecule has 1 aliphatic rings. The first-order valence-electron chi connectivity index (χ1n) is 6.61. The minimum atomic E-state index is 0.779. The highest BCUT2D eigenvalue weighted by atomic mass is 15.1. The van der Waals surface area contributed by atoms with Crippen LogP contribution in [0.25, 0.3) is 0 Å². The summed E-state index contributed by atoms with van der Waals surface area (Å²) in [5, 5.41) is 3.51. The molecule has 0 aromatic carbocycles. The van der Waals surface area contributed by atoms with Crippen molar-refractivity contribution in [2.45, 2.75) is 40.0 Å². The minimum absolute atomic E-state index is 0.779. The molecule has 1 rings (SSSR count). The van der Waals surface area contributed by atoms with Crippen molar-refractivity contribution in [2.24, 2.45) is 11.8 Å². The number of rotatable bonds is 6. The van der Waals surface area contributed by atoms with Crippen LogP contribution in [0, 0.1) is 11.8 Å². The van der Waals surface area contributed by atoms with Crippen LogP contribution in [0.3, 0.4) is 0 Å². The largest absolute Gasteiger partial charge is 0.316 e. The van der Waals surface area contributed by atoms with Crippen LogP contribution in [0.5, 0.6) is 0 Å². The fourth-order valence-corrected chi connectivity index (χ4v) is 2.10. The van der Waals surface area contributed by atoms with Crippen LogP contribution in [-0.4, -0.2) is 37.6 Å². The fraction of sp³-hybridized carbons (Fsp3) is 1.00. The molecule has 0 saturated carbocycles. The van der Waals surface area contributed by atoms with E-state index >= 15 is 0 Å². The van der Waals surface area contributed by atoms with E-state index in [9.17, 15) is 0 Å². The van der Waals surface area contributed by atoms with E-state index in [-0.39, 0.29) is 0 Å². The molecule has 90 valence electrons. The summed E-state index contributed by atoms with van der Waals surface area (Å²) in [5.41, 5.74) is 0. The Morgan fingerprint density at radius 2 is 1.93 bits per heavy atom. The van der Waals surface area contributed by atoms with E-state index in [4.69, 9.17) is 0 Å². The first-order valence-corrected chi connectivity index (χ1v) is 6.61. The van der Waals surface area contributed by atoms with Gasteiger partial charge >= 0.3 is 0 Å². The van der Waals surface area contributed by atoms with Gasteiger partial charge in [0.25, 0.3) is 0 Å². The number of hydrogen-bond donors (Lipinski definition) is 1. The molecule has 1 saturated heterocycles. The van der Waals surface area contributed by atoms with Crippen molar-refractivity contribution in [3.63, 3.8) is 0 Å². The molecule has 0 atom stereocenters. The summed E-state index contributed by atoms with van der Waals surface area (Å²) in [6, 6.07) is 0. The zero-order valence-electron chi connectivity index (χ0n) is 10.8.